The van der Waals surface area contributed by atoms with E-state index in [2.05, 4.69) is 50.2 Å². The Kier molecular flexibility index (Phi) is 7.18. The Labute approximate surface area is 179 Å². The molecule has 3 heterocycles. The van der Waals surface area contributed by atoms with Crippen molar-refractivity contribution in [2.75, 3.05) is 45.8 Å². The van der Waals surface area contributed by atoms with Crippen LogP contribution in [0.25, 0.3) is 0 Å². The lowest BCUT2D eigenvalue weighted by molar-refractivity contribution is -0.134. The van der Waals surface area contributed by atoms with Crippen molar-refractivity contribution >= 4 is 5.91 Å². The molecule has 1 amide bonds. The number of hydrogen-bond acceptors (Lipinski definition) is 5. The fourth-order valence-corrected chi connectivity index (χ4v) is 4.59. The van der Waals surface area contributed by atoms with Crippen molar-refractivity contribution in [3.63, 3.8) is 0 Å². The Bertz CT molecular complexity index is 791. The van der Waals surface area contributed by atoms with Gasteiger partial charge in [-0.05, 0) is 44.1 Å². The number of piperazine rings is 1. The minimum absolute atomic E-state index is 0.302. The molecule has 30 heavy (non-hydrogen) atoms. The predicted octanol–water partition coefficient (Wildman–Crippen LogP) is 2.97. The van der Waals surface area contributed by atoms with Gasteiger partial charge in [0.25, 0.3) is 0 Å². The number of rotatable bonds is 7. The molecule has 6 nitrogen and oxygen atoms in total. The first-order chi connectivity index (χ1) is 14.7. The summed E-state index contributed by atoms with van der Waals surface area (Å²) in [7, 11) is 0. The molecule has 6 heteroatoms. The fraction of sp³-hybridized carbons (Fsp3) is 0.583. The fourth-order valence-electron chi connectivity index (χ4n) is 4.59. The summed E-state index contributed by atoms with van der Waals surface area (Å²) in [5.74, 6) is 1.97. The summed E-state index contributed by atoms with van der Waals surface area (Å²) in [6, 6.07) is 12.7. The molecule has 4 rings (SSSR count). The van der Waals surface area contributed by atoms with Crippen LogP contribution in [0.2, 0.25) is 0 Å². The van der Waals surface area contributed by atoms with E-state index < -0.39 is 0 Å². The number of hydrogen-bond donors (Lipinski definition) is 0. The number of likely N-dealkylation sites (tertiary alicyclic amines) is 1. The third-order valence-electron chi connectivity index (χ3n) is 6.53. The van der Waals surface area contributed by atoms with Crippen LogP contribution in [0.3, 0.4) is 0 Å². The standard InChI is InChI=1S/C24H34N4O2/c1-20-17-23(30-25-20)18-26-13-15-27(16-14-26)19-24(29)28-11-9-22(10-12-28)8-7-21-5-3-2-4-6-21/h2-6,17,22H,7-16,18-19H2,1H3. The largest absolute Gasteiger partial charge is 0.360 e. The highest BCUT2D eigenvalue weighted by molar-refractivity contribution is 5.78. The van der Waals surface area contributed by atoms with Gasteiger partial charge in [0, 0.05) is 45.3 Å². The monoisotopic (exact) mass is 410 g/mol. The molecule has 0 spiro atoms. The Balaban J connectivity index is 1.13. The molecule has 0 unspecified atom stereocenters. The summed E-state index contributed by atoms with van der Waals surface area (Å²) in [6.45, 7) is 8.96. The van der Waals surface area contributed by atoms with Gasteiger partial charge in [-0.15, -0.1) is 0 Å². The minimum atomic E-state index is 0.302. The SMILES string of the molecule is Cc1cc(CN2CCN(CC(=O)N3CCC(CCc4ccccc4)CC3)CC2)on1. The van der Waals surface area contributed by atoms with Gasteiger partial charge in [-0.1, -0.05) is 35.5 Å². The third kappa shape index (κ3) is 5.92. The van der Waals surface area contributed by atoms with Gasteiger partial charge in [-0.25, -0.2) is 0 Å². The molecule has 2 fully saturated rings. The molecular weight excluding hydrogens is 376 g/mol. The molecule has 2 aliphatic heterocycles. The molecule has 0 saturated carbocycles. The highest BCUT2D eigenvalue weighted by Gasteiger charge is 2.25. The molecule has 2 aliphatic rings. The lowest BCUT2D eigenvalue weighted by Crippen LogP contribution is -2.50. The molecule has 1 aromatic heterocycles. The van der Waals surface area contributed by atoms with E-state index in [0.29, 0.717) is 12.5 Å². The summed E-state index contributed by atoms with van der Waals surface area (Å²) in [4.78, 5) is 19.5. The zero-order valence-electron chi connectivity index (χ0n) is 18.1. The molecule has 162 valence electrons. The molecule has 0 N–H and O–H groups in total. The normalized spacial score (nSPS) is 19.3. The highest BCUT2D eigenvalue weighted by atomic mass is 16.5. The van der Waals surface area contributed by atoms with E-state index in [9.17, 15) is 4.79 Å². The lowest BCUT2D eigenvalue weighted by atomic mass is 9.90. The van der Waals surface area contributed by atoms with Crippen molar-refractivity contribution in [3.8, 4) is 0 Å². The van der Waals surface area contributed by atoms with Crippen LogP contribution in [-0.2, 0) is 17.8 Å². The van der Waals surface area contributed by atoms with E-state index >= 15 is 0 Å². The molecule has 2 aromatic rings. The van der Waals surface area contributed by atoms with Crippen LogP contribution < -0.4 is 0 Å². The van der Waals surface area contributed by atoms with E-state index in [1.807, 2.05) is 13.0 Å². The van der Waals surface area contributed by atoms with Gasteiger partial charge in [0.2, 0.25) is 5.91 Å². The maximum absolute atomic E-state index is 12.8. The predicted molar refractivity (Wildman–Crippen MR) is 117 cm³/mol. The van der Waals surface area contributed by atoms with Gasteiger partial charge in [0.05, 0.1) is 18.8 Å². The van der Waals surface area contributed by atoms with Gasteiger partial charge in [-0.2, -0.15) is 0 Å². The van der Waals surface area contributed by atoms with Crippen LogP contribution in [0.15, 0.2) is 40.9 Å². The number of benzene rings is 1. The van der Waals surface area contributed by atoms with E-state index in [-0.39, 0.29) is 0 Å². The Morgan fingerprint density at radius 3 is 2.40 bits per heavy atom. The van der Waals surface area contributed by atoms with Gasteiger partial charge >= 0.3 is 0 Å². The minimum Gasteiger partial charge on any atom is -0.360 e. The van der Waals surface area contributed by atoms with Crippen LogP contribution in [0.5, 0.6) is 0 Å². The van der Waals surface area contributed by atoms with Gasteiger partial charge in [-0.3, -0.25) is 14.6 Å². The van der Waals surface area contributed by atoms with Crippen LogP contribution in [-0.4, -0.2) is 71.6 Å². The van der Waals surface area contributed by atoms with Crippen molar-refractivity contribution in [3.05, 3.63) is 53.4 Å². The number of aryl methyl sites for hydroxylation is 2. The Morgan fingerprint density at radius 2 is 1.73 bits per heavy atom. The van der Waals surface area contributed by atoms with Crippen molar-refractivity contribution in [1.29, 1.82) is 0 Å². The second kappa shape index (κ2) is 10.2. The molecule has 0 bridgehead atoms. The Hall–Kier alpha value is -2.18. The molecule has 1 aromatic carbocycles. The van der Waals surface area contributed by atoms with Crippen molar-refractivity contribution in [1.82, 2.24) is 19.9 Å². The number of nitrogens with zero attached hydrogens (tertiary/aromatic N) is 4. The van der Waals surface area contributed by atoms with Crippen molar-refractivity contribution in [2.45, 2.75) is 39.2 Å². The van der Waals surface area contributed by atoms with Gasteiger partial charge in [0.15, 0.2) is 5.76 Å². The summed E-state index contributed by atoms with van der Waals surface area (Å²) in [5, 5.41) is 3.96. The lowest BCUT2D eigenvalue weighted by Gasteiger charge is -2.36. The summed E-state index contributed by atoms with van der Waals surface area (Å²) >= 11 is 0. The maximum Gasteiger partial charge on any atom is 0.236 e. The number of carbonyl (C=O) groups is 1. The average Bonchev–Trinajstić information content (AvgIpc) is 3.19. The summed E-state index contributed by atoms with van der Waals surface area (Å²) in [5.41, 5.74) is 2.35. The van der Waals surface area contributed by atoms with Crippen molar-refractivity contribution < 1.29 is 9.32 Å². The van der Waals surface area contributed by atoms with E-state index in [0.717, 1.165) is 82.4 Å². The first-order valence-electron chi connectivity index (χ1n) is 11.3. The molecular formula is C24H34N4O2. The van der Waals surface area contributed by atoms with E-state index in [1.165, 1.54) is 12.0 Å². The second-order valence-corrected chi connectivity index (χ2v) is 8.84. The third-order valence-corrected chi connectivity index (χ3v) is 6.53. The van der Waals surface area contributed by atoms with E-state index in [4.69, 9.17) is 4.52 Å². The van der Waals surface area contributed by atoms with Gasteiger partial charge < -0.3 is 9.42 Å². The quantitative estimate of drug-likeness (QED) is 0.702. The first-order valence-corrected chi connectivity index (χ1v) is 11.3. The zero-order valence-corrected chi connectivity index (χ0v) is 18.1. The van der Waals surface area contributed by atoms with Crippen LogP contribution in [0.1, 0.15) is 36.3 Å². The average molecular weight is 411 g/mol. The number of aromatic nitrogens is 1. The second-order valence-electron chi connectivity index (χ2n) is 8.84. The van der Waals surface area contributed by atoms with Gasteiger partial charge in [0.1, 0.15) is 0 Å². The smallest absolute Gasteiger partial charge is 0.236 e. The molecule has 2 saturated heterocycles. The molecule has 0 atom stereocenters. The van der Waals surface area contributed by atoms with Crippen LogP contribution >= 0.6 is 0 Å². The first kappa shape index (κ1) is 21.1. The summed E-state index contributed by atoms with van der Waals surface area (Å²) in [6.07, 6.45) is 4.67. The highest BCUT2D eigenvalue weighted by Crippen LogP contribution is 2.22. The van der Waals surface area contributed by atoms with Crippen molar-refractivity contribution in [2.24, 2.45) is 5.92 Å². The number of carbonyl (C=O) groups excluding carboxylic acids is 1. The number of amides is 1. The topological polar surface area (TPSA) is 52.8 Å². The number of piperidine rings is 1. The van der Waals surface area contributed by atoms with Crippen LogP contribution in [0.4, 0.5) is 0 Å². The van der Waals surface area contributed by atoms with E-state index in [1.54, 1.807) is 0 Å². The Morgan fingerprint density at radius 1 is 1.03 bits per heavy atom. The molecule has 0 radical (unpaired) electrons. The molecule has 0 aliphatic carbocycles. The summed E-state index contributed by atoms with van der Waals surface area (Å²) < 4.78 is 5.32. The zero-order chi connectivity index (χ0) is 20.8. The maximum atomic E-state index is 12.8. The van der Waals surface area contributed by atoms with Crippen LogP contribution in [0, 0.1) is 12.8 Å².